The van der Waals surface area contributed by atoms with Crippen LogP contribution in [-0.4, -0.2) is 42.5 Å². The van der Waals surface area contributed by atoms with Gasteiger partial charge in [-0.1, -0.05) is 6.92 Å². The van der Waals surface area contributed by atoms with Gasteiger partial charge in [-0.25, -0.2) is 0 Å². The fraction of sp³-hybridized carbons (Fsp3) is 0.900. The third-order valence-electron chi connectivity index (χ3n) is 2.65. The Morgan fingerprint density at radius 1 is 1.71 bits per heavy atom. The van der Waals surface area contributed by atoms with E-state index in [1.165, 1.54) is 0 Å². The van der Waals surface area contributed by atoms with Gasteiger partial charge in [-0.15, -0.1) is 11.6 Å². The molecule has 2 unspecified atom stereocenters. The quantitative estimate of drug-likeness (QED) is 0.676. The Kier molecular flexibility index (Phi) is 4.69. The monoisotopic (exact) mass is 219 g/mol. The van der Waals surface area contributed by atoms with Gasteiger partial charge in [0.2, 0.25) is 5.91 Å². The lowest BCUT2D eigenvalue weighted by Crippen LogP contribution is -2.45. The topological polar surface area (TPSA) is 29.5 Å². The van der Waals surface area contributed by atoms with E-state index < -0.39 is 0 Å². The first-order chi connectivity index (χ1) is 6.69. The van der Waals surface area contributed by atoms with Crippen LogP contribution >= 0.6 is 11.6 Å². The van der Waals surface area contributed by atoms with Crippen LogP contribution in [0, 0.1) is 0 Å². The average molecular weight is 220 g/mol. The second-order valence-electron chi connectivity index (χ2n) is 3.66. The highest BCUT2D eigenvalue weighted by molar-refractivity contribution is 6.30. The number of carbonyl (C=O) groups is 1. The Balaban J connectivity index is 2.47. The number of methoxy groups -OCH3 is 1. The van der Waals surface area contributed by atoms with E-state index in [-0.39, 0.29) is 17.4 Å². The van der Waals surface area contributed by atoms with Crippen LogP contribution in [0.2, 0.25) is 0 Å². The lowest BCUT2D eigenvalue weighted by atomic mass is 10.1. The molecule has 1 amide bonds. The fourth-order valence-electron chi connectivity index (χ4n) is 1.70. The molecule has 2 atom stereocenters. The zero-order valence-corrected chi connectivity index (χ0v) is 9.59. The Hall–Kier alpha value is -0.280. The summed E-state index contributed by atoms with van der Waals surface area (Å²) in [6.07, 6.45) is 2.93. The normalized spacial score (nSPS) is 24.8. The molecule has 14 heavy (non-hydrogen) atoms. The Bertz CT molecular complexity index is 199. The molecule has 3 nitrogen and oxygen atoms in total. The highest BCUT2D eigenvalue weighted by atomic mass is 35.5. The second kappa shape index (κ2) is 5.56. The van der Waals surface area contributed by atoms with Crippen molar-refractivity contribution in [1.29, 1.82) is 0 Å². The van der Waals surface area contributed by atoms with Gasteiger partial charge < -0.3 is 9.64 Å². The summed E-state index contributed by atoms with van der Waals surface area (Å²) in [6.45, 7) is 3.44. The number of ether oxygens (including phenoxy) is 1. The van der Waals surface area contributed by atoms with Gasteiger partial charge in [-0.05, 0) is 19.3 Å². The van der Waals surface area contributed by atoms with Crippen molar-refractivity contribution < 1.29 is 9.53 Å². The number of likely N-dealkylation sites (tertiary alicyclic amines) is 1. The van der Waals surface area contributed by atoms with Crippen LogP contribution in [0.25, 0.3) is 0 Å². The van der Waals surface area contributed by atoms with E-state index in [0.29, 0.717) is 13.0 Å². The number of carbonyl (C=O) groups excluding carboxylic acids is 1. The van der Waals surface area contributed by atoms with Crippen LogP contribution in [-0.2, 0) is 9.53 Å². The molecule has 0 bridgehead atoms. The van der Waals surface area contributed by atoms with E-state index in [1.807, 2.05) is 11.8 Å². The molecule has 0 radical (unpaired) electrons. The summed E-state index contributed by atoms with van der Waals surface area (Å²) in [5, 5.41) is -0.370. The summed E-state index contributed by atoms with van der Waals surface area (Å²) in [4.78, 5) is 13.5. The minimum Gasteiger partial charge on any atom is -0.380 e. The summed E-state index contributed by atoms with van der Waals surface area (Å²) in [6, 6.07) is 0. The Morgan fingerprint density at radius 3 is 3.00 bits per heavy atom. The molecule has 1 saturated heterocycles. The molecule has 1 aliphatic heterocycles. The molecule has 82 valence electrons. The number of nitrogens with zero attached hydrogens (tertiary/aromatic N) is 1. The van der Waals surface area contributed by atoms with Crippen LogP contribution in [0.5, 0.6) is 0 Å². The van der Waals surface area contributed by atoms with Crippen LogP contribution in [0.1, 0.15) is 26.2 Å². The zero-order valence-electron chi connectivity index (χ0n) is 8.83. The minimum absolute atomic E-state index is 0.0518. The van der Waals surface area contributed by atoms with E-state index in [1.54, 1.807) is 7.11 Å². The third-order valence-corrected chi connectivity index (χ3v) is 3.14. The van der Waals surface area contributed by atoms with Gasteiger partial charge >= 0.3 is 0 Å². The molecule has 0 aromatic rings. The molecule has 0 N–H and O–H groups in total. The van der Waals surface area contributed by atoms with Gasteiger partial charge in [0, 0.05) is 20.2 Å². The molecule has 1 heterocycles. The van der Waals surface area contributed by atoms with E-state index in [4.69, 9.17) is 16.3 Å². The fourth-order valence-corrected chi connectivity index (χ4v) is 1.84. The molecule has 1 aliphatic rings. The number of halogens is 1. The predicted octanol–water partition coefficient (Wildman–Crippen LogP) is 1.64. The van der Waals surface area contributed by atoms with Gasteiger partial charge in [0.25, 0.3) is 0 Å². The maximum absolute atomic E-state index is 11.7. The molecular weight excluding hydrogens is 202 g/mol. The number of hydrogen-bond acceptors (Lipinski definition) is 2. The van der Waals surface area contributed by atoms with Crippen molar-refractivity contribution in [2.45, 2.75) is 37.7 Å². The van der Waals surface area contributed by atoms with Gasteiger partial charge in [-0.2, -0.15) is 0 Å². The highest BCUT2D eigenvalue weighted by Crippen LogP contribution is 2.15. The lowest BCUT2D eigenvalue weighted by Gasteiger charge is -2.32. The standard InChI is InChI=1S/C10H18ClNO2/c1-3-9(11)10(13)12-6-4-5-8(7-12)14-2/h8-9H,3-7H2,1-2H3. The summed E-state index contributed by atoms with van der Waals surface area (Å²) < 4.78 is 5.25. The van der Waals surface area contributed by atoms with Crippen LogP contribution in [0.4, 0.5) is 0 Å². The molecule has 4 heteroatoms. The number of rotatable bonds is 3. The molecule has 0 spiro atoms. The molecule has 0 aromatic heterocycles. The molecule has 0 aliphatic carbocycles. The molecule has 1 fully saturated rings. The first kappa shape index (κ1) is 11.8. The van der Waals surface area contributed by atoms with Gasteiger partial charge in [0.05, 0.1) is 6.10 Å². The van der Waals surface area contributed by atoms with Crippen molar-refractivity contribution in [3.05, 3.63) is 0 Å². The first-order valence-corrected chi connectivity index (χ1v) is 5.58. The van der Waals surface area contributed by atoms with Crippen molar-refractivity contribution in [1.82, 2.24) is 4.90 Å². The summed E-state index contributed by atoms with van der Waals surface area (Å²) in [5.74, 6) is 0.0518. The van der Waals surface area contributed by atoms with Crippen molar-refractivity contribution in [2.75, 3.05) is 20.2 Å². The number of hydrogen-bond donors (Lipinski definition) is 0. The smallest absolute Gasteiger partial charge is 0.240 e. The molecular formula is C10H18ClNO2. The highest BCUT2D eigenvalue weighted by Gasteiger charge is 2.26. The van der Waals surface area contributed by atoms with Gasteiger partial charge in [-0.3, -0.25) is 4.79 Å². The number of alkyl halides is 1. The summed E-state index contributed by atoms with van der Waals surface area (Å²) in [7, 11) is 1.69. The largest absolute Gasteiger partial charge is 0.380 e. The number of piperidine rings is 1. The Labute approximate surface area is 90.4 Å². The van der Waals surface area contributed by atoms with Crippen molar-refractivity contribution in [3.63, 3.8) is 0 Å². The van der Waals surface area contributed by atoms with Gasteiger partial charge in [0.15, 0.2) is 0 Å². The van der Waals surface area contributed by atoms with E-state index in [9.17, 15) is 4.79 Å². The van der Waals surface area contributed by atoms with Gasteiger partial charge in [0.1, 0.15) is 5.38 Å². The predicted molar refractivity (Wildman–Crippen MR) is 56.5 cm³/mol. The third kappa shape index (κ3) is 2.85. The Morgan fingerprint density at radius 2 is 2.43 bits per heavy atom. The molecule has 1 rings (SSSR count). The van der Waals surface area contributed by atoms with Crippen LogP contribution in [0.3, 0.4) is 0 Å². The zero-order chi connectivity index (χ0) is 10.6. The molecule has 0 aromatic carbocycles. The molecule has 0 saturated carbocycles. The number of amides is 1. The second-order valence-corrected chi connectivity index (χ2v) is 4.19. The minimum atomic E-state index is -0.370. The van der Waals surface area contributed by atoms with Crippen LogP contribution in [0.15, 0.2) is 0 Å². The SMILES string of the molecule is CCC(Cl)C(=O)N1CCCC(OC)C1. The van der Waals surface area contributed by atoms with E-state index in [2.05, 4.69) is 0 Å². The average Bonchev–Trinajstić information content (AvgIpc) is 2.27. The maximum Gasteiger partial charge on any atom is 0.240 e. The summed E-state index contributed by atoms with van der Waals surface area (Å²) in [5.41, 5.74) is 0. The maximum atomic E-state index is 11.7. The van der Waals surface area contributed by atoms with E-state index >= 15 is 0 Å². The first-order valence-electron chi connectivity index (χ1n) is 5.14. The van der Waals surface area contributed by atoms with Crippen LogP contribution < -0.4 is 0 Å². The lowest BCUT2D eigenvalue weighted by molar-refractivity contribution is -0.134. The van der Waals surface area contributed by atoms with Crippen molar-refractivity contribution in [2.24, 2.45) is 0 Å². The van der Waals surface area contributed by atoms with Crippen molar-refractivity contribution >= 4 is 17.5 Å². The van der Waals surface area contributed by atoms with Crippen molar-refractivity contribution in [3.8, 4) is 0 Å². The van der Waals surface area contributed by atoms with E-state index in [0.717, 1.165) is 19.4 Å². The summed E-state index contributed by atoms with van der Waals surface area (Å²) >= 11 is 5.91.